The summed E-state index contributed by atoms with van der Waals surface area (Å²) < 4.78 is 5.71. The Morgan fingerprint density at radius 1 is 1.21 bits per heavy atom. The summed E-state index contributed by atoms with van der Waals surface area (Å²) in [5, 5.41) is 11.9. The van der Waals surface area contributed by atoms with Crippen molar-refractivity contribution in [2.24, 2.45) is 5.92 Å². The second-order valence-electron chi connectivity index (χ2n) is 6.54. The monoisotopic (exact) mass is 329 g/mol. The SMILES string of the molecule is O=C(O)C1CCN(C(=O)Nc2ccc3oc(C4CC4)nc3c2)CC1. The van der Waals surface area contributed by atoms with Crippen molar-refractivity contribution in [2.75, 3.05) is 18.4 Å². The second-order valence-corrected chi connectivity index (χ2v) is 6.54. The van der Waals surface area contributed by atoms with Gasteiger partial charge in [0.15, 0.2) is 11.5 Å². The van der Waals surface area contributed by atoms with Gasteiger partial charge in [0.1, 0.15) is 5.52 Å². The van der Waals surface area contributed by atoms with Gasteiger partial charge in [0, 0.05) is 24.7 Å². The van der Waals surface area contributed by atoms with E-state index in [1.807, 2.05) is 12.1 Å². The molecule has 0 bridgehead atoms. The van der Waals surface area contributed by atoms with E-state index in [4.69, 9.17) is 9.52 Å². The zero-order chi connectivity index (χ0) is 16.7. The van der Waals surface area contributed by atoms with Crippen molar-refractivity contribution < 1.29 is 19.1 Å². The van der Waals surface area contributed by atoms with E-state index in [1.165, 1.54) is 0 Å². The summed E-state index contributed by atoms with van der Waals surface area (Å²) in [6, 6.07) is 5.23. The summed E-state index contributed by atoms with van der Waals surface area (Å²) in [6.45, 7) is 0.918. The van der Waals surface area contributed by atoms with Crippen LogP contribution in [0.3, 0.4) is 0 Å². The maximum absolute atomic E-state index is 12.3. The van der Waals surface area contributed by atoms with E-state index < -0.39 is 5.97 Å². The topological polar surface area (TPSA) is 95.7 Å². The van der Waals surface area contributed by atoms with Gasteiger partial charge < -0.3 is 19.7 Å². The van der Waals surface area contributed by atoms with E-state index in [1.54, 1.807) is 11.0 Å². The van der Waals surface area contributed by atoms with Gasteiger partial charge in [0.2, 0.25) is 0 Å². The smallest absolute Gasteiger partial charge is 0.321 e. The number of hydrogen-bond acceptors (Lipinski definition) is 4. The number of carbonyl (C=O) groups is 2. The van der Waals surface area contributed by atoms with E-state index in [-0.39, 0.29) is 11.9 Å². The van der Waals surface area contributed by atoms with Crippen LogP contribution >= 0.6 is 0 Å². The largest absolute Gasteiger partial charge is 0.481 e. The molecule has 24 heavy (non-hydrogen) atoms. The number of likely N-dealkylation sites (tertiary alicyclic amines) is 1. The van der Waals surface area contributed by atoms with Crippen molar-refractivity contribution in [3.05, 3.63) is 24.1 Å². The van der Waals surface area contributed by atoms with Gasteiger partial charge in [-0.2, -0.15) is 0 Å². The van der Waals surface area contributed by atoms with Gasteiger partial charge in [-0.05, 0) is 43.9 Å². The number of aromatic nitrogens is 1. The Hall–Kier alpha value is -2.57. The Kier molecular flexibility index (Phi) is 3.63. The summed E-state index contributed by atoms with van der Waals surface area (Å²) in [5.41, 5.74) is 2.15. The molecule has 0 spiro atoms. The molecule has 2 amide bonds. The van der Waals surface area contributed by atoms with Crippen molar-refractivity contribution >= 4 is 28.8 Å². The second kappa shape index (κ2) is 5.81. The van der Waals surface area contributed by atoms with E-state index in [0.717, 1.165) is 29.8 Å². The predicted octanol–water partition coefficient (Wildman–Crippen LogP) is 3.03. The number of nitrogens with zero attached hydrogens (tertiary/aromatic N) is 2. The van der Waals surface area contributed by atoms with Gasteiger partial charge in [-0.25, -0.2) is 9.78 Å². The summed E-state index contributed by atoms with van der Waals surface area (Å²) in [5.74, 6) is 0.106. The molecule has 1 aromatic carbocycles. The van der Waals surface area contributed by atoms with Crippen LogP contribution in [0.4, 0.5) is 10.5 Å². The molecule has 1 aromatic heterocycles. The molecule has 1 saturated heterocycles. The summed E-state index contributed by atoms with van der Waals surface area (Å²) in [6.07, 6.45) is 3.25. The number of amides is 2. The summed E-state index contributed by atoms with van der Waals surface area (Å²) in [7, 11) is 0. The van der Waals surface area contributed by atoms with E-state index in [0.29, 0.717) is 37.5 Å². The molecule has 2 fully saturated rings. The van der Waals surface area contributed by atoms with Gasteiger partial charge in [-0.1, -0.05) is 0 Å². The molecular weight excluding hydrogens is 310 g/mol. The third-order valence-corrected chi connectivity index (χ3v) is 4.71. The van der Waals surface area contributed by atoms with E-state index in [2.05, 4.69) is 10.3 Å². The van der Waals surface area contributed by atoms with Crippen LogP contribution in [0.25, 0.3) is 11.1 Å². The third-order valence-electron chi connectivity index (χ3n) is 4.71. The van der Waals surface area contributed by atoms with Crippen molar-refractivity contribution in [1.82, 2.24) is 9.88 Å². The highest BCUT2D eigenvalue weighted by Crippen LogP contribution is 2.40. The Morgan fingerprint density at radius 3 is 2.62 bits per heavy atom. The average Bonchev–Trinajstić information content (AvgIpc) is 3.34. The molecule has 7 heteroatoms. The van der Waals surface area contributed by atoms with Gasteiger partial charge in [-0.3, -0.25) is 4.79 Å². The Morgan fingerprint density at radius 2 is 1.96 bits per heavy atom. The van der Waals surface area contributed by atoms with Crippen molar-refractivity contribution in [3.8, 4) is 0 Å². The Balaban J connectivity index is 1.42. The first-order chi connectivity index (χ1) is 11.6. The van der Waals surface area contributed by atoms with Gasteiger partial charge >= 0.3 is 12.0 Å². The number of carboxylic acid groups (broad SMARTS) is 1. The number of nitrogens with one attached hydrogen (secondary N) is 1. The number of piperidine rings is 1. The van der Waals surface area contributed by atoms with Gasteiger partial charge in [0.25, 0.3) is 0 Å². The lowest BCUT2D eigenvalue weighted by Gasteiger charge is -2.30. The highest BCUT2D eigenvalue weighted by atomic mass is 16.4. The van der Waals surface area contributed by atoms with Crippen LogP contribution in [0.15, 0.2) is 22.6 Å². The number of rotatable bonds is 3. The Bertz CT molecular complexity index is 788. The molecule has 0 unspecified atom stereocenters. The zero-order valence-corrected chi connectivity index (χ0v) is 13.2. The molecule has 4 rings (SSSR count). The lowest BCUT2D eigenvalue weighted by Crippen LogP contribution is -2.42. The number of benzene rings is 1. The fourth-order valence-corrected chi connectivity index (χ4v) is 3.06. The van der Waals surface area contributed by atoms with Gasteiger partial charge in [-0.15, -0.1) is 0 Å². The van der Waals surface area contributed by atoms with Crippen LogP contribution in [0.5, 0.6) is 0 Å². The number of carboxylic acids is 1. The first-order valence-corrected chi connectivity index (χ1v) is 8.29. The number of urea groups is 1. The molecular formula is C17H19N3O4. The summed E-state index contributed by atoms with van der Waals surface area (Å²) in [4.78, 5) is 29.4. The predicted molar refractivity (Wildman–Crippen MR) is 86.9 cm³/mol. The first kappa shape index (κ1) is 15.0. The zero-order valence-electron chi connectivity index (χ0n) is 13.2. The first-order valence-electron chi connectivity index (χ1n) is 8.29. The lowest BCUT2D eigenvalue weighted by atomic mass is 9.97. The van der Waals surface area contributed by atoms with Crippen LogP contribution in [-0.2, 0) is 4.79 Å². The fraction of sp³-hybridized carbons (Fsp3) is 0.471. The molecule has 1 aliphatic carbocycles. The van der Waals surface area contributed by atoms with Crippen LogP contribution in [0.1, 0.15) is 37.5 Å². The number of fused-ring (bicyclic) bond motifs is 1. The van der Waals surface area contributed by atoms with Crippen molar-refractivity contribution in [1.29, 1.82) is 0 Å². The molecule has 0 radical (unpaired) electrons. The molecule has 2 heterocycles. The normalized spacial score (nSPS) is 18.8. The quantitative estimate of drug-likeness (QED) is 0.902. The number of carbonyl (C=O) groups excluding carboxylic acids is 1. The number of hydrogen-bond donors (Lipinski definition) is 2. The molecule has 0 atom stereocenters. The van der Waals surface area contributed by atoms with Crippen LogP contribution in [0, 0.1) is 5.92 Å². The maximum Gasteiger partial charge on any atom is 0.321 e. The molecule has 7 nitrogen and oxygen atoms in total. The highest BCUT2D eigenvalue weighted by molar-refractivity contribution is 5.91. The van der Waals surface area contributed by atoms with Crippen molar-refractivity contribution in [3.63, 3.8) is 0 Å². The molecule has 2 aliphatic rings. The minimum absolute atomic E-state index is 0.205. The number of anilines is 1. The standard InChI is InChI=1S/C17H19N3O4/c21-16(22)11-5-7-20(8-6-11)17(23)18-12-3-4-14-13(9-12)19-15(24-14)10-1-2-10/h3-4,9-11H,1-2,5-8H2,(H,18,23)(H,21,22). The third kappa shape index (κ3) is 2.93. The molecule has 2 aromatic rings. The minimum Gasteiger partial charge on any atom is -0.481 e. The maximum atomic E-state index is 12.3. The number of aliphatic carboxylic acids is 1. The number of oxazole rings is 1. The molecule has 2 N–H and O–H groups in total. The van der Waals surface area contributed by atoms with E-state index in [9.17, 15) is 9.59 Å². The van der Waals surface area contributed by atoms with Gasteiger partial charge in [0.05, 0.1) is 5.92 Å². The molecule has 1 aliphatic heterocycles. The molecule has 126 valence electrons. The van der Waals surface area contributed by atoms with Crippen LogP contribution in [0.2, 0.25) is 0 Å². The fourth-order valence-electron chi connectivity index (χ4n) is 3.06. The van der Waals surface area contributed by atoms with Crippen LogP contribution < -0.4 is 5.32 Å². The Labute approximate surface area is 138 Å². The minimum atomic E-state index is -0.780. The average molecular weight is 329 g/mol. The van der Waals surface area contributed by atoms with Crippen LogP contribution in [-0.4, -0.2) is 40.1 Å². The van der Waals surface area contributed by atoms with Crippen molar-refractivity contribution in [2.45, 2.75) is 31.6 Å². The highest BCUT2D eigenvalue weighted by Gasteiger charge is 2.29. The van der Waals surface area contributed by atoms with E-state index >= 15 is 0 Å². The summed E-state index contributed by atoms with van der Waals surface area (Å²) >= 11 is 0. The lowest BCUT2D eigenvalue weighted by molar-refractivity contribution is -0.143. The molecule has 1 saturated carbocycles.